The molecule has 0 saturated heterocycles. The average molecular weight is 287 g/mol. The summed E-state index contributed by atoms with van der Waals surface area (Å²) in [5.41, 5.74) is 1.36. The molecule has 0 radical (unpaired) electrons. The number of rotatable bonds is 9. The minimum Gasteiger partial charge on any atom is -0.492 e. The van der Waals surface area contributed by atoms with Crippen molar-refractivity contribution < 1.29 is 4.74 Å². The Labute approximate surface area is 127 Å². The van der Waals surface area contributed by atoms with Crippen molar-refractivity contribution >= 4 is 0 Å². The van der Waals surface area contributed by atoms with E-state index in [4.69, 9.17) is 4.74 Å². The molecule has 1 aromatic heterocycles. The van der Waals surface area contributed by atoms with Crippen LogP contribution in [0.1, 0.15) is 25.8 Å². The number of ether oxygens (including phenoxy) is 1. The number of hydrogen-bond acceptors (Lipinski definition) is 3. The fraction of sp³-hybridized carbons (Fsp3) is 0.471. The van der Waals surface area contributed by atoms with Gasteiger partial charge in [-0.1, -0.05) is 19.1 Å². The third kappa shape index (κ3) is 5.60. The number of aryl methyl sites for hydroxylation is 1. The lowest BCUT2D eigenvalue weighted by Gasteiger charge is -2.12. The second-order valence-corrected chi connectivity index (χ2v) is 5.26. The largest absolute Gasteiger partial charge is 0.492 e. The number of hydrogen-bond donors (Lipinski definition) is 1. The number of nitrogens with zero attached hydrogens (tertiary/aromatic N) is 2. The van der Waals surface area contributed by atoms with Crippen LogP contribution in [0.15, 0.2) is 42.7 Å². The Kier molecular flexibility index (Phi) is 6.28. The van der Waals surface area contributed by atoms with Crippen LogP contribution in [-0.2, 0) is 13.0 Å². The minimum absolute atomic E-state index is 0.569. The zero-order chi connectivity index (χ0) is 14.9. The van der Waals surface area contributed by atoms with E-state index < -0.39 is 0 Å². The first-order valence-corrected chi connectivity index (χ1v) is 7.70. The molecule has 0 spiro atoms. The Balaban J connectivity index is 1.71. The molecule has 0 aliphatic heterocycles. The van der Waals surface area contributed by atoms with E-state index in [-0.39, 0.29) is 0 Å². The zero-order valence-electron chi connectivity index (χ0n) is 13.0. The van der Waals surface area contributed by atoms with Crippen LogP contribution >= 0.6 is 0 Å². The van der Waals surface area contributed by atoms with Crippen LogP contribution in [0.2, 0.25) is 0 Å². The molecule has 0 saturated carbocycles. The summed E-state index contributed by atoms with van der Waals surface area (Å²) >= 11 is 0. The standard InChI is InChI=1S/C17H25N3O/c1-3-18-15(2)5-6-16-7-9-17(10-8-16)21-14-13-20-12-4-11-19-20/h4,7-12,15,18H,3,5-6,13-14H2,1-2H3. The Morgan fingerprint density at radius 2 is 2.10 bits per heavy atom. The van der Waals surface area contributed by atoms with Crippen LogP contribution in [0.25, 0.3) is 0 Å². The highest BCUT2D eigenvalue weighted by Crippen LogP contribution is 2.14. The molecule has 1 aromatic carbocycles. The average Bonchev–Trinajstić information content (AvgIpc) is 3.00. The molecule has 114 valence electrons. The number of benzene rings is 1. The molecule has 2 aromatic rings. The molecule has 0 bridgehead atoms. The number of aromatic nitrogens is 2. The van der Waals surface area contributed by atoms with Gasteiger partial charge in [0.2, 0.25) is 0 Å². The van der Waals surface area contributed by atoms with E-state index in [1.165, 1.54) is 5.56 Å². The van der Waals surface area contributed by atoms with Crippen LogP contribution in [0.5, 0.6) is 5.75 Å². The summed E-state index contributed by atoms with van der Waals surface area (Å²) in [6.07, 6.45) is 5.98. The summed E-state index contributed by atoms with van der Waals surface area (Å²) in [5.74, 6) is 0.922. The van der Waals surface area contributed by atoms with Crippen LogP contribution in [-0.4, -0.2) is 29.0 Å². The number of nitrogens with one attached hydrogen (secondary N) is 1. The van der Waals surface area contributed by atoms with E-state index in [1.807, 2.05) is 16.9 Å². The Morgan fingerprint density at radius 1 is 1.29 bits per heavy atom. The molecule has 0 amide bonds. The Bertz CT molecular complexity index is 493. The van der Waals surface area contributed by atoms with Gasteiger partial charge in [0.05, 0.1) is 6.54 Å². The van der Waals surface area contributed by atoms with E-state index in [1.54, 1.807) is 6.20 Å². The normalized spacial score (nSPS) is 12.3. The monoisotopic (exact) mass is 287 g/mol. The zero-order valence-corrected chi connectivity index (χ0v) is 13.0. The third-order valence-corrected chi connectivity index (χ3v) is 3.49. The predicted octanol–water partition coefficient (Wildman–Crippen LogP) is 2.89. The molecule has 0 fully saturated rings. The SMILES string of the molecule is CCNC(C)CCc1ccc(OCCn2cccn2)cc1. The maximum Gasteiger partial charge on any atom is 0.119 e. The highest BCUT2D eigenvalue weighted by atomic mass is 16.5. The molecular weight excluding hydrogens is 262 g/mol. The molecule has 4 nitrogen and oxygen atoms in total. The van der Waals surface area contributed by atoms with Crippen molar-refractivity contribution in [3.8, 4) is 5.75 Å². The summed E-state index contributed by atoms with van der Waals surface area (Å²) in [4.78, 5) is 0. The van der Waals surface area contributed by atoms with Gasteiger partial charge >= 0.3 is 0 Å². The summed E-state index contributed by atoms with van der Waals surface area (Å²) in [6.45, 7) is 6.82. The summed E-state index contributed by atoms with van der Waals surface area (Å²) in [5, 5.41) is 7.58. The van der Waals surface area contributed by atoms with Gasteiger partial charge in [-0.3, -0.25) is 4.68 Å². The van der Waals surface area contributed by atoms with E-state index in [0.717, 1.165) is 31.7 Å². The lowest BCUT2D eigenvalue weighted by atomic mass is 10.1. The van der Waals surface area contributed by atoms with Gasteiger partial charge in [-0.25, -0.2) is 0 Å². The lowest BCUT2D eigenvalue weighted by Crippen LogP contribution is -2.25. The highest BCUT2D eigenvalue weighted by Gasteiger charge is 2.01. The van der Waals surface area contributed by atoms with Crippen molar-refractivity contribution in [3.63, 3.8) is 0 Å². The van der Waals surface area contributed by atoms with Crippen molar-refractivity contribution in [2.75, 3.05) is 13.2 Å². The van der Waals surface area contributed by atoms with E-state index in [2.05, 4.69) is 48.5 Å². The molecule has 21 heavy (non-hydrogen) atoms. The smallest absolute Gasteiger partial charge is 0.119 e. The maximum absolute atomic E-state index is 5.73. The first kappa shape index (κ1) is 15.6. The van der Waals surface area contributed by atoms with E-state index in [0.29, 0.717) is 12.6 Å². The second-order valence-electron chi connectivity index (χ2n) is 5.26. The van der Waals surface area contributed by atoms with Crippen LogP contribution in [0, 0.1) is 0 Å². The van der Waals surface area contributed by atoms with Crippen molar-refractivity contribution in [2.24, 2.45) is 0 Å². The van der Waals surface area contributed by atoms with Gasteiger partial charge in [-0.2, -0.15) is 5.10 Å². The fourth-order valence-corrected chi connectivity index (χ4v) is 2.28. The predicted molar refractivity (Wildman–Crippen MR) is 85.6 cm³/mol. The Hall–Kier alpha value is -1.81. The second kappa shape index (κ2) is 8.47. The van der Waals surface area contributed by atoms with Gasteiger partial charge in [-0.15, -0.1) is 0 Å². The molecule has 0 aliphatic carbocycles. The van der Waals surface area contributed by atoms with Crippen LogP contribution < -0.4 is 10.1 Å². The Morgan fingerprint density at radius 3 is 2.76 bits per heavy atom. The maximum atomic E-state index is 5.73. The summed E-state index contributed by atoms with van der Waals surface area (Å²) < 4.78 is 7.60. The van der Waals surface area contributed by atoms with Crippen molar-refractivity contribution in [3.05, 3.63) is 48.3 Å². The first-order chi connectivity index (χ1) is 10.3. The van der Waals surface area contributed by atoms with Gasteiger partial charge in [-0.05, 0) is 50.1 Å². The molecule has 1 N–H and O–H groups in total. The van der Waals surface area contributed by atoms with E-state index >= 15 is 0 Å². The summed E-state index contributed by atoms with van der Waals surface area (Å²) in [7, 11) is 0. The van der Waals surface area contributed by atoms with Crippen molar-refractivity contribution in [1.82, 2.24) is 15.1 Å². The first-order valence-electron chi connectivity index (χ1n) is 7.70. The quantitative estimate of drug-likeness (QED) is 0.771. The highest BCUT2D eigenvalue weighted by molar-refractivity contribution is 5.27. The summed E-state index contributed by atoms with van der Waals surface area (Å²) in [6, 6.07) is 10.9. The van der Waals surface area contributed by atoms with Gasteiger partial charge < -0.3 is 10.1 Å². The third-order valence-electron chi connectivity index (χ3n) is 3.49. The van der Waals surface area contributed by atoms with Crippen molar-refractivity contribution in [2.45, 2.75) is 39.3 Å². The molecule has 1 atom stereocenters. The van der Waals surface area contributed by atoms with Gasteiger partial charge in [0.25, 0.3) is 0 Å². The molecule has 4 heteroatoms. The molecular formula is C17H25N3O. The molecule has 2 rings (SSSR count). The molecule has 1 unspecified atom stereocenters. The lowest BCUT2D eigenvalue weighted by molar-refractivity contribution is 0.291. The van der Waals surface area contributed by atoms with Gasteiger partial charge in [0.1, 0.15) is 12.4 Å². The fourth-order valence-electron chi connectivity index (χ4n) is 2.28. The molecule has 0 aliphatic rings. The topological polar surface area (TPSA) is 39.1 Å². The van der Waals surface area contributed by atoms with Gasteiger partial charge in [0, 0.05) is 18.4 Å². The van der Waals surface area contributed by atoms with Crippen LogP contribution in [0.4, 0.5) is 0 Å². The van der Waals surface area contributed by atoms with Crippen molar-refractivity contribution in [1.29, 1.82) is 0 Å². The van der Waals surface area contributed by atoms with Gasteiger partial charge in [0.15, 0.2) is 0 Å². The van der Waals surface area contributed by atoms with E-state index in [9.17, 15) is 0 Å². The van der Waals surface area contributed by atoms with Crippen LogP contribution in [0.3, 0.4) is 0 Å². The minimum atomic E-state index is 0.569. The molecule has 1 heterocycles.